The number of ether oxygens (including phenoxy) is 2. The van der Waals surface area contributed by atoms with Crippen molar-refractivity contribution in [1.82, 2.24) is 24.4 Å². The highest BCUT2D eigenvalue weighted by molar-refractivity contribution is 6.30. The molecule has 0 spiro atoms. The van der Waals surface area contributed by atoms with E-state index in [9.17, 15) is 8.78 Å². The van der Waals surface area contributed by atoms with Gasteiger partial charge in [-0.25, -0.2) is 23.7 Å². The van der Waals surface area contributed by atoms with Crippen LogP contribution in [-0.2, 0) is 37.4 Å². The van der Waals surface area contributed by atoms with Gasteiger partial charge < -0.3 is 19.9 Å². The first-order chi connectivity index (χ1) is 19.8. The van der Waals surface area contributed by atoms with Gasteiger partial charge >= 0.3 is 0 Å². The van der Waals surface area contributed by atoms with E-state index >= 15 is 0 Å². The molecule has 0 saturated carbocycles. The van der Waals surface area contributed by atoms with Gasteiger partial charge in [-0.15, -0.1) is 0 Å². The largest absolute Gasteiger partial charge is 0.472 e. The predicted molar refractivity (Wildman–Crippen MR) is 151 cm³/mol. The van der Waals surface area contributed by atoms with Crippen LogP contribution < -0.4 is 10.6 Å². The summed E-state index contributed by atoms with van der Waals surface area (Å²) in [5.41, 5.74) is 5.72. The maximum Gasteiger partial charge on any atom is 0.216 e. The van der Waals surface area contributed by atoms with E-state index in [4.69, 9.17) is 41.9 Å². The molecule has 1 aromatic carbocycles. The summed E-state index contributed by atoms with van der Waals surface area (Å²) in [5.74, 6) is 5.22. The Hall–Kier alpha value is -3.67. The van der Waals surface area contributed by atoms with Crippen LogP contribution in [-0.4, -0.2) is 49.4 Å². The fourth-order valence-electron chi connectivity index (χ4n) is 5.22. The number of pyridine rings is 2. The molecular formula is C29H30ClF2N7O2. The number of fused-ring (bicyclic) bond motifs is 2. The maximum atomic E-state index is 14.3. The van der Waals surface area contributed by atoms with Crippen LogP contribution in [0.5, 0.6) is 5.88 Å². The Morgan fingerprint density at radius 1 is 1.22 bits per heavy atom. The molecule has 1 saturated heterocycles. The third-order valence-electron chi connectivity index (χ3n) is 7.69. The standard InChI is InChI=1S/C29H30ClF2N7O2/c1-16-7-18-3-5-38(13-26(18)36-29(16)41-15-22-23(31)9-20(30)10-24(22)32)14-27-35-25-8-19(17(2)37-33)11-34-28(25)39(27)12-21-4-6-40-21/h7-11,21H,3-6,12-15,33H2,1-2H3/b37-17+/t21-/m0/s1. The van der Waals surface area contributed by atoms with E-state index in [1.54, 1.807) is 6.20 Å². The second-order valence-corrected chi connectivity index (χ2v) is 11.0. The van der Waals surface area contributed by atoms with Crippen LogP contribution in [0.4, 0.5) is 8.78 Å². The lowest BCUT2D eigenvalue weighted by Gasteiger charge is -2.30. The van der Waals surface area contributed by atoms with Gasteiger partial charge in [0.15, 0.2) is 5.65 Å². The monoisotopic (exact) mass is 581 g/mol. The Morgan fingerprint density at radius 3 is 2.71 bits per heavy atom. The number of nitrogens with two attached hydrogens (primary N) is 1. The second-order valence-electron chi connectivity index (χ2n) is 10.5. The molecule has 214 valence electrons. The van der Waals surface area contributed by atoms with E-state index in [0.717, 1.165) is 77.5 Å². The topological polar surface area (TPSA) is 104 Å². The zero-order chi connectivity index (χ0) is 28.7. The molecule has 2 aliphatic heterocycles. The molecule has 2 N–H and O–H groups in total. The molecular weight excluding hydrogens is 552 g/mol. The summed E-state index contributed by atoms with van der Waals surface area (Å²) in [6, 6.07) is 6.14. The first-order valence-corrected chi connectivity index (χ1v) is 13.9. The Morgan fingerprint density at radius 2 is 2.00 bits per heavy atom. The number of benzene rings is 1. The summed E-state index contributed by atoms with van der Waals surface area (Å²) in [6.07, 6.45) is 3.72. The summed E-state index contributed by atoms with van der Waals surface area (Å²) >= 11 is 5.75. The third kappa shape index (κ3) is 5.61. The van der Waals surface area contributed by atoms with Crippen LogP contribution in [0.1, 0.15) is 47.1 Å². The Balaban J connectivity index is 1.23. The average Bonchev–Trinajstić information content (AvgIpc) is 3.25. The van der Waals surface area contributed by atoms with E-state index in [1.807, 2.05) is 26.0 Å². The number of aryl methyl sites for hydroxylation is 1. The van der Waals surface area contributed by atoms with Crippen molar-refractivity contribution in [2.24, 2.45) is 10.9 Å². The van der Waals surface area contributed by atoms with Crippen molar-refractivity contribution < 1.29 is 18.3 Å². The smallest absolute Gasteiger partial charge is 0.216 e. The first kappa shape index (κ1) is 27.5. The first-order valence-electron chi connectivity index (χ1n) is 13.5. The minimum atomic E-state index is -0.751. The van der Waals surface area contributed by atoms with Crippen LogP contribution in [0.2, 0.25) is 5.02 Å². The molecule has 4 aromatic rings. The van der Waals surface area contributed by atoms with Crippen LogP contribution in [0.3, 0.4) is 0 Å². The van der Waals surface area contributed by atoms with Crippen LogP contribution in [0.25, 0.3) is 11.2 Å². The van der Waals surface area contributed by atoms with Crippen molar-refractivity contribution in [2.45, 2.75) is 59.0 Å². The van der Waals surface area contributed by atoms with E-state index < -0.39 is 11.6 Å². The lowest BCUT2D eigenvalue weighted by molar-refractivity contribution is -0.0592. The summed E-state index contributed by atoms with van der Waals surface area (Å²) in [5, 5.41) is 3.79. The van der Waals surface area contributed by atoms with Crippen LogP contribution >= 0.6 is 11.6 Å². The molecule has 5 heterocycles. The minimum Gasteiger partial charge on any atom is -0.472 e. The van der Waals surface area contributed by atoms with Gasteiger partial charge in [-0.1, -0.05) is 11.6 Å². The van der Waals surface area contributed by atoms with Gasteiger partial charge in [0.2, 0.25) is 5.88 Å². The van der Waals surface area contributed by atoms with Crippen molar-refractivity contribution in [2.75, 3.05) is 13.2 Å². The van der Waals surface area contributed by atoms with E-state index in [0.29, 0.717) is 31.2 Å². The van der Waals surface area contributed by atoms with Crippen molar-refractivity contribution in [1.29, 1.82) is 0 Å². The number of imidazole rings is 1. The molecule has 9 nitrogen and oxygen atoms in total. The van der Waals surface area contributed by atoms with Crippen LogP contribution in [0, 0.1) is 18.6 Å². The lowest BCUT2D eigenvalue weighted by atomic mass is 10.0. The molecule has 0 radical (unpaired) electrons. The van der Waals surface area contributed by atoms with Gasteiger partial charge in [0.25, 0.3) is 0 Å². The van der Waals surface area contributed by atoms with Gasteiger partial charge in [0.1, 0.15) is 29.6 Å². The molecule has 0 bridgehead atoms. The fourth-order valence-corrected chi connectivity index (χ4v) is 5.41. The summed E-state index contributed by atoms with van der Waals surface area (Å²) < 4.78 is 42.2. The number of hydrogen-bond donors (Lipinski definition) is 1. The SMILES string of the molecule is C/C(=N\N)c1cnc2c(c1)nc(CN1CCc3cc(C)c(OCc4c(F)cc(Cl)cc4F)nc3C1)n2C[C@@H]1CCO1. The summed E-state index contributed by atoms with van der Waals surface area (Å²) in [7, 11) is 0. The Kier molecular flexibility index (Phi) is 7.58. The second kappa shape index (κ2) is 11.3. The highest BCUT2D eigenvalue weighted by Crippen LogP contribution is 2.28. The minimum absolute atomic E-state index is 0.00332. The molecule has 2 aliphatic rings. The number of nitrogens with zero attached hydrogens (tertiary/aromatic N) is 6. The quantitative estimate of drug-likeness (QED) is 0.183. The molecule has 1 atom stereocenters. The molecule has 6 rings (SSSR count). The summed E-state index contributed by atoms with van der Waals surface area (Å²) in [6.45, 7) is 6.88. The molecule has 0 aliphatic carbocycles. The van der Waals surface area contributed by atoms with Gasteiger partial charge in [0.05, 0.1) is 36.2 Å². The lowest BCUT2D eigenvalue weighted by Crippen LogP contribution is -2.34. The predicted octanol–water partition coefficient (Wildman–Crippen LogP) is 4.68. The van der Waals surface area contributed by atoms with Gasteiger partial charge in [-0.05, 0) is 56.5 Å². The highest BCUT2D eigenvalue weighted by atomic mass is 35.5. The molecule has 3 aromatic heterocycles. The van der Waals surface area contributed by atoms with E-state index in [2.05, 4.69) is 14.6 Å². The van der Waals surface area contributed by atoms with E-state index in [-0.39, 0.29) is 23.3 Å². The number of hydrogen-bond acceptors (Lipinski definition) is 8. The van der Waals surface area contributed by atoms with Crippen LogP contribution in [0.15, 0.2) is 35.6 Å². The molecule has 0 amide bonds. The van der Waals surface area contributed by atoms with Gasteiger partial charge in [-0.2, -0.15) is 5.10 Å². The number of aromatic nitrogens is 4. The molecule has 1 fully saturated rings. The van der Waals surface area contributed by atoms with Gasteiger partial charge in [0, 0.05) is 42.0 Å². The zero-order valence-corrected chi connectivity index (χ0v) is 23.6. The number of halogens is 3. The summed E-state index contributed by atoms with van der Waals surface area (Å²) in [4.78, 5) is 16.7. The van der Waals surface area contributed by atoms with E-state index in [1.165, 1.54) is 0 Å². The fraction of sp³-hybridized carbons (Fsp3) is 0.379. The van der Waals surface area contributed by atoms with Crippen molar-refractivity contribution in [3.8, 4) is 5.88 Å². The molecule has 12 heteroatoms. The van der Waals surface area contributed by atoms with Crippen molar-refractivity contribution in [3.05, 3.63) is 80.9 Å². The maximum absolute atomic E-state index is 14.3. The van der Waals surface area contributed by atoms with Crippen molar-refractivity contribution >= 4 is 28.5 Å². The molecule has 0 unspecified atom stereocenters. The highest BCUT2D eigenvalue weighted by Gasteiger charge is 2.26. The van der Waals surface area contributed by atoms with Gasteiger partial charge in [-0.3, -0.25) is 4.90 Å². The third-order valence-corrected chi connectivity index (χ3v) is 7.90. The van der Waals surface area contributed by atoms with Crippen molar-refractivity contribution in [3.63, 3.8) is 0 Å². The Bertz CT molecular complexity index is 1630. The number of rotatable bonds is 8. The average molecular weight is 582 g/mol. The molecule has 41 heavy (non-hydrogen) atoms. The zero-order valence-electron chi connectivity index (χ0n) is 22.8. The number of hydrazone groups is 1. The Labute approximate surface area is 240 Å². The normalized spacial score (nSPS) is 17.5.